The minimum Gasteiger partial charge on any atom is -0.454 e. The van der Waals surface area contributed by atoms with Crippen LogP contribution in [-0.4, -0.2) is 28.0 Å². The molecule has 0 unspecified atom stereocenters. The van der Waals surface area contributed by atoms with Crippen molar-refractivity contribution in [2.45, 2.75) is 20.0 Å². The molecule has 0 saturated heterocycles. The summed E-state index contributed by atoms with van der Waals surface area (Å²) >= 11 is 0. The molecule has 0 saturated carbocycles. The molecule has 5 rings (SSSR count). The van der Waals surface area contributed by atoms with Crippen molar-refractivity contribution in [2.24, 2.45) is 0 Å². The fourth-order valence-electron chi connectivity index (χ4n) is 3.89. The molecule has 2 N–H and O–H groups in total. The second-order valence-electron chi connectivity index (χ2n) is 8.07. The fraction of sp³-hybridized carbons (Fsp3) is 0.154. The maximum Gasteiger partial charge on any atom is 0.350 e. The Labute approximate surface area is 200 Å². The van der Waals surface area contributed by atoms with Gasteiger partial charge in [-0.15, -0.1) is 0 Å². The van der Waals surface area contributed by atoms with E-state index in [0.29, 0.717) is 46.0 Å². The summed E-state index contributed by atoms with van der Waals surface area (Å²) < 4.78 is 12.1. The van der Waals surface area contributed by atoms with Crippen molar-refractivity contribution in [1.82, 2.24) is 9.55 Å². The van der Waals surface area contributed by atoms with E-state index in [2.05, 4.69) is 15.6 Å². The molecule has 0 radical (unpaired) electrons. The number of carbonyl (C=O) groups excluding carboxylic acids is 2. The number of ether oxygens (including phenoxy) is 2. The molecule has 2 heterocycles. The van der Waals surface area contributed by atoms with Crippen molar-refractivity contribution in [3.63, 3.8) is 0 Å². The number of nitrogens with zero attached hydrogens (tertiary/aromatic N) is 2. The van der Waals surface area contributed by atoms with Gasteiger partial charge in [-0.3, -0.25) is 14.2 Å². The number of anilines is 2. The first-order valence-electron chi connectivity index (χ1n) is 11.0. The number of carbonyl (C=O) groups is 2. The van der Waals surface area contributed by atoms with Gasteiger partial charge in [0.25, 0.3) is 0 Å². The number of hydrogen-bond donors (Lipinski definition) is 2. The Kier molecular flexibility index (Phi) is 5.88. The van der Waals surface area contributed by atoms with Crippen molar-refractivity contribution in [3.05, 3.63) is 88.3 Å². The molecule has 1 amide bonds. The monoisotopic (exact) mass is 470 g/mol. The summed E-state index contributed by atoms with van der Waals surface area (Å²) in [6.07, 6.45) is 0. The summed E-state index contributed by atoms with van der Waals surface area (Å²) in [5, 5.41) is 6.69. The molecule has 0 fully saturated rings. The molecule has 0 atom stereocenters. The van der Waals surface area contributed by atoms with Crippen LogP contribution in [0.5, 0.6) is 11.5 Å². The molecule has 0 spiro atoms. The number of nitrogens with one attached hydrogen (secondary N) is 2. The van der Waals surface area contributed by atoms with Crippen molar-refractivity contribution in [3.8, 4) is 11.5 Å². The summed E-state index contributed by atoms with van der Waals surface area (Å²) in [5.41, 5.74) is 2.08. The molecule has 176 valence electrons. The number of ketones is 1. The Balaban J connectivity index is 1.35. The second-order valence-corrected chi connectivity index (χ2v) is 8.07. The first-order valence-corrected chi connectivity index (χ1v) is 11.0. The van der Waals surface area contributed by atoms with Crippen molar-refractivity contribution >= 4 is 34.1 Å². The largest absolute Gasteiger partial charge is 0.454 e. The number of aromatic nitrogens is 2. The molecule has 1 aliphatic heterocycles. The molecule has 0 aliphatic carbocycles. The zero-order valence-corrected chi connectivity index (χ0v) is 18.9. The van der Waals surface area contributed by atoms with E-state index in [-0.39, 0.29) is 25.0 Å². The van der Waals surface area contributed by atoms with Gasteiger partial charge in [-0.25, -0.2) is 4.79 Å². The maximum atomic E-state index is 12.9. The third kappa shape index (κ3) is 4.70. The predicted molar refractivity (Wildman–Crippen MR) is 131 cm³/mol. The highest BCUT2D eigenvalue weighted by atomic mass is 16.7. The van der Waals surface area contributed by atoms with Crippen LogP contribution >= 0.6 is 0 Å². The van der Waals surface area contributed by atoms with E-state index in [1.54, 1.807) is 36.4 Å². The van der Waals surface area contributed by atoms with Crippen LogP contribution in [0.3, 0.4) is 0 Å². The second kappa shape index (κ2) is 9.30. The van der Waals surface area contributed by atoms with E-state index in [9.17, 15) is 14.4 Å². The van der Waals surface area contributed by atoms with Crippen molar-refractivity contribution in [1.29, 1.82) is 0 Å². The minimum atomic E-state index is -0.543. The maximum absolute atomic E-state index is 12.9. The SMILES string of the molecule is CC(=O)c1ccc(NC(=O)Cn2c(=O)nc(NCc3ccc4c(c3)OCO4)c3ccccc32)cc1. The molecule has 3 aromatic carbocycles. The van der Waals surface area contributed by atoms with Gasteiger partial charge in [0.2, 0.25) is 12.7 Å². The highest BCUT2D eigenvalue weighted by Gasteiger charge is 2.15. The first-order chi connectivity index (χ1) is 17.0. The van der Waals surface area contributed by atoms with Crippen LogP contribution in [0, 0.1) is 0 Å². The normalized spacial score (nSPS) is 11.9. The van der Waals surface area contributed by atoms with Crippen LogP contribution in [0.25, 0.3) is 10.9 Å². The van der Waals surface area contributed by atoms with Gasteiger partial charge in [-0.05, 0) is 61.0 Å². The van der Waals surface area contributed by atoms with Gasteiger partial charge in [-0.1, -0.05) is 18.2 Å². The predicted octanol–water partition coefficient (Wildman–Crippen LogP) is 3.58. The van der Waals surface area contributed by atoms with Crippen LogP contribution in [0.4, 0.5) is 11.5 Å². The molecule has 9 heteroatoms. The Hall–Kier alpha value is -4.66. The van der Waals surface area contributed by atoms with E-state index in [1.807, 2.05) is 30.3 Å². The standard InChI is InChI=1S/C26H22N4O5/c1-16(31)18-7-9-19(10-8-18)28-24(32)14-30-21-5-3-2-4-20(21)25(29-26(30)33)27-13-17-6-11-22-23(12-17)35-15-34-22/h2-12H,13-15H2,1H3,(H,28,32)(H,27,29,33). The van der Waals surface area contributed by atoms with E-state index >= 15 is 0 Å². The highest BCUT2D eigenvalue weighted by Crippen LogP contribution is 2.32. The quantitative estimate of drug-likeness (QED) is 0.397. The van der Waals surface area contributed by atoms with Gasteiger partial charge in [0.15, 0.2) is 17.3 Å². The van der Waals surface area contributed by atoms with Gasteiger partial charge in [0.05, 0.1) is 5.52 Å². The molecule has 4 aromatic rings. The lowest BCUT2D eigenvalue weighted by molar-refractivity contribution is -0.116. The number of rotatable bonds is 7. The number of hydrogen-bond acceptors (Lipinski definition) is 7. The van der Waals surface area contributed by atoms with Crippen molar-refractivity contribution < 1.29 is 19.1 Å². The Morgan fingerprint density at radius 2 is 1.77 bits per heavy atom. The van der Waals surface area contributed by atoms with Crippen LogP contribution in [0.2, 0.25) is 0 Å². The molecule has 1 aromatic heterocycles. The molecule has 0 bridgehead atoms. The fourth-order valence-corrected chi connectivity index (χ4v) is 3.89. The third-order valence-electron chi connectivity index (χ3n) is 5.66. The summed E-state index contributed by atoms with van der Waals surface area (Å²) in [6, 6.07) is 19.5. The lowest BCUT2D eigenvalue weighted by Crippen LogP contribution is -2.30. The van der Waals surface area contributed by atoms with E-state index in [1.165, 1.54) is 11.5 Å². The van der Waals surface area contributed by atoms with Gasteiger partial charge in [0, 0.05) is 23.2 Å². The molecule has 1 aliphatic rings. The van der Waals surface area contributed by atoms with Gasteiger partial charge in [-0.2, -0.15) is 4.98 Å². The van der Waals surface area contributed by atoms with E-state index in [0.717, 1.165) is 5.56 Å². The number of benzene rings is 3. The summed E-state index contributed by atoms with van der Waals surface area (Å²) in [6.45, 7) is 1.90. The van der Waals surface area contributed by atoms with Crippen molar-refractivity contribution in [2.75, 3.05) is 17.4 Å². The zero-order chi connectivity index (χ0) is 24.4. The average molecular weight is 470 g/mol. The van der Waals surface area contributed by atoms with Crippen LogP contribution in [-0.2, 0) is 17.9 Å². The molecule has 35 heavy (non-hydrogen) atoms. The number of para-hydroxylation sites is 1. The smallest absolute Gasteiger partial charge is 0.350 e. The van der Waals surface area contributed by atoms with Crippen LogP contribution < -0.4 is 25.8 Å². The van der Waals surface area contributed by atoms with E-state index in [4.69, 9.17) is 9.47 Å². The summed E-state index contributed by atoms with van der Waals surface area (Å²) in [7, 11) is 0. The molecular formula is C26H22N4O5. The Bertz CT molecular complexity index is 1490. The highest BCUT2D eigenvalue weighted by molar-refractivity contribution is 5.96. The van der Waals surface area contributed by atoms with Crippen LogP contribution in [0.15, 0.2) is 71.5 Å². The average Bonchev–Trinajstić information content (AvgIpc) is 3.33. The zero-order valence-electron chi connectivity index (χ0n) is 18.9. The third-order valence-corrected chi connectivity index (χ3v) is 5.66. The number of fused-ring (bicyclic) bond motifs is 2. The topological polar surface area (TPSA) is 112 Å². The van der Waals surface area contributed by atoms with Gasteiger partial charge in [0.1, 0.15) is 12.4 Å². The first kappa shape index (κ1) is 22.1. The van der Waals surface area contributed by atoms with E-state index < -0.39 is 5.69 Å². The molecular weight excluding hydrogens is 448 g/mol. The Morgan fingerprint density at radius 1 is 1.00 bits per heavy atom. The summed E-state index contributed by atoms with van der Waals surface area (Å²) in [4.78, 5) is 41.2. The minimum absolute atomic E-state index is 0.0563. The number of amides is 1. The lowest BCUT2D eigenvalue weighted by atomic mass is 10.1. The van der Waals surface area contributed by atoms with Gasteiger partial charge < -0.3 is 20.1 Å². The number of Topliss-reactive ketones (excluding diaryl/α,β-unsaturated/α-hetero) is 1. The molecule has 9 nitrogen and oxygen atoms in total. The van der Waals surface area contributed by atoms with Gasteiger partial charge >= 0.3 is 5.69 Å². The summed E-state index contributed by atoms with van der Waals surface area (Å²) in [5.74, 6) is 1.38. The Morgan fingerprint density at radius 3 is 2.57 bits per heavy atom. The van der Waals surface area contributed by atoms with Crippen LogP contribution in [0.1, 0.15) is 22.8 Å². The lowest BCUT2D eigenvalue weighted by Gasteiger charge is -2.14.